The van der Waals surface area contributed by atoms with Crippen molar-refractivity contribution in [1.82, 2.24) is 5.32 Å². The number of hydrogen-bond donors (Lipinski definition) is 1. The highest BCUT2D eigenvalue weighted by Crippen LogP contribution is 2.37. The van der Waals surface area contributed by atoms with Gasteiger partial charge < -0.3 is 24.0 Å². The lowest BCUT2D eigenvalue weighted by molar-refractivity contribution is -0.130. The Balaban J connectivity index is 2.78. The molecule has 1 aromatic carbocycles. The summed E-state index contributed by atoms with van der Waals surface area (Å²) < 4.78 is 22.4. The van der Waals surface area contributed by atoms with Gasteiger partial charge in [0.1, 0.15) is 17.2 Å². The van der Waals surface area contributed by atoms with Gasteiger partial charge in [-0.15, -0.1) is 0 Å². The van der Waals surface area contributed by atoms with Crippen molar-refractivity contribution in [3.05, 3.63) is 17.7 Å². The van der Waals surface area contributed by atoms with Crippen LogP contribution in [0.25, 0.3) is 0 Å². The van der Waals surface area contributed by atoms with E-state index in [9.17, 15) is 4.79 Å². The van der Waals surface area contributed by atoms with E-state index in [1.54, 1.807) is 33.5 Å². The third kappa shape index (κ3) is 6.64. The Morgan fingerprint density at radius 2 is 1.48 bits per heavy atom. The van der Waals surface area contributed by atoms with Crippen molar-refractivity contribution in [3.63, 3.8) is 0 Å². The predicted molar refractivity (Wildman–Crippen MR) is 119 cm³/mol. The first kappa shape index (κ1) is 25.3. The molecule has 0 aromatic heterocycles. The van der Waals surface area contributed by atoms with E-state index in [-0.39, 0.29) is 10.9 Å². The van der Waals surface area contributed by atoms with Gasteiger partial charge >= 0.3 is 0 Å². The van der Waals surface area contributed by atoms with Gasteiger partial charge in [-0.2, -0.15) is 0 Å². The number of hydrogen-bond acceptors (Lipinski definition) is 5. The van der Waals surface area contributed by atoms with Gasteiger partial charge in [-0.1, -0.05) is 34.6 Å². The zero-order valence-corrected chi connectivity index (χ0v) is 20.8. The Labute approximate surface area is 177 Å². The summed E-state index contributed by atoms with van der Waals surface area (Å²) >= 11 is 0. The molecule has 0 aliphatic carbocycles. The molecule has 1 rings (SSSR count). The number of carbonyl (C=O) groups excluding carboxylic acids is 1. The molecule has 6 nitrogen and oxygen atoms in total. The largest absolute Gasteiger partial charge is 0.496 e. The van der Waals surface area contributed by atoms with Gasteiger partial charge in [0, 0.05) is 24.2 Å². The van der Waals surface area contributed by atoms with E-state index in [1.165, 1.54) is 0 Å². The van der Waals surface area contributed by atoms with Crippen molar-refractivity contribution in [2.45, 2.75) is 65.7 Å². The van der Waals surface area contributed by atoms with E-state index in [2.05, 4.69) is 39.2 Å². The van der Waals surface area contributed by atoms with E-state index in [0.29, 0.717) is 36.8 Å². The Bertz CT molecular complexity index is 670. The van der Waals surface area contributed by atoms with E-state index >= 15 is 0 Å². The van der Waals surface area contributed by atoms with Gasteiger partial charge in [0.15, 0.2) is 8.32 Å². The number of carbonyl (C=O) groups is 1. The van der Waals surface area contributed by atoms with Crippen LogP contribution in [0.4, 0.5) is 0 Å². The van der Waals surface area contributed by atoms with Crippen LogP contribution in [0.2, 0.25) is 18.1 Å². The van der Waals surface area contributed by atoms with Gasteiger partial charge in [0.25, 0.3) is 0 Å². The summed E-state index contributed by atoms with van der Waals surface area (Å²) in [6, 6.07) is 3.56. The fraction of sp³-hybridized carbons (Fsp3) is 0.682. The first-order chi connectivity index (χ1) is 13.3. The fourth-order valence-corrected chi connectivity index (χ4v) is 3.60. The standard InChI is InChI=1S/C22H39NO5Si/c1-21(2,3)29(9,10)28-12-11-22(4,5)20(24)23-15-17-18(26-7)13-16(25-6)14-19(17)27-8/h13-14H,11-12,15H2,1-10H3,(H,23,24). The molecule has 29 heavy (non-hydrogen) atoms. The molecule has 0 radical (unpaired) electrons. The molecule has 7 heteroatoms. The predicted octanol–water partition coefficient (Wildman–Crippen LogP) is 4.77. The van der Waals surface area contributed by atoms with Gasteiger partial charge in [0.05, 0.1) is 33.4 Å². The normalized spacial score (nSPS) is 12.5. The van der Waals surface area contributed by atoms with Gasteiger partial charge in [-0.25, -0.2) is 0 Å². The van der Waals surface area contributed by atoms with Crippen LogP contribution in [-0.4, -0.2) is 42.2 Å². The lowest BCUT2D eigenvalue weighted by Crippen LogP contribution is -2.43. The minimum absolute atomic E-state index is 0.0312. The van der Waals surface area contributed by atoms with Gasteiger partial charge in [-0.3, -0.25) is 4.79 Å². The number of rotatable bonds is 10. The van der Waals surface area contributed by atoms with Crippen LogP contribution in [0.1, 0.15) is 46.6 Å². The van der Waals surface area contributed by atoms with Crippen molar-refractivity contribution >= 4 is 14.2 Å². The summed E-state index contributed by atoms with van der Waals surface area (Å²) in [5.74, 6) is 1.83. The van der Waals surface area contributed by atoms with Gasteiger partial charge in [-0.05, 0) is 24.6 Å². The summed E-state index contributed by atoms with van der Waals surface area (Å²) in [6.45, 7) is 15.9. The van der Waals surface area contributed by atoms with Crippen molar-refractivity contribution in [1.29, 1.82) is 0 Å². The first-order valence-corrected chi connectivity index (χ1v) is 12.9. The third-order valence-corrected chi connectivity index (χ3v) is 10.4. The van der Waals surface area contributed by atoms with Crippen LogP contribution < -0.4 is 19.5 Å². The minimum Gasteiger partial charge on any atom is -0.496 e. The lowest BCUT2D eigenvalue weighted by atomic mass is 9.88. The van der Waals surface area contributed by atoms with Crippen LogP contribution in [0.5, 0.6) is 17.2 Å². The Hall–Kier alpha value is -1.73. The Morgan fingerprint density at radius 3 is 1.90 bits per heavy atom. The average molecular weight is 426 g/mol. The summed E-state index contributed by atoms with van der Waals surface area (Å²) in [4.78, 5) is 12.9. The second kappa shape index (κ2) is 9.85. The van der Waals surface area contributed by atoms with E-state index in [4.69, 9.17) is 18.6 Å². The molecule has 0 saturated heterocycles. The Kier molecular flexibility index (Phi) is 8.59. The minimum atomic E-state index is -1.82. The van der Waals surface area contributed by atoms with Crippen molar-refractivity contribution in [3.8, 4) is 17.2 Å². The van der Waals surface area contributed by atoms with Gasteiger partial charge in [0.2, 0.25) is 5.91 Å². The first-order valence-electron chi connectivity index (χ1n) is 10.00. The zero-order valence-electron chi connectivity index (χ0n) is 19.8. The summed E-state index contributed by atoms with van der Waals surface area (Å²) in [5, 5.41) is 3.17. The Morgan fingerprint density at radius 1 is 0.966 bits per heavy atom. The summed E-state index contributed by atoms with van der Waals surface area (Å²) in [7, 11) is 2.94. The second-order valence-electron chi connectivity index (χ2n) is 9.44. The molecule has 1 N–H and O–H groups in total. The number of benzene rings is 1. The van der Waals surface area contributed by atoms with E-state index in [1.807, 2.05) is 13.8 Å². The molecule has 1 aromatic rings. The highest BCUT2D eigenvalue weighted by atomic mass is 28.4. The number of methoxy groups -OCH3 is 3. The maximum absolute atomic E-state index is 12.9. The SMILES string of the molecule is COc1cc(OC)c(CNC(=O)C(C)(C)CCO[Si](C)(C)C(C)(C)C)c(OC)c1. The lowest BCUT2D eigenvalue weighted by Gasteiger charge is -2.37. The quantitative estimate of drug-likeness (QED) is 0.547. The number of amides is 1. The van der Waals surface area contributed by atoms with Crippen molar-refractivity contribution in [2.24, 2.45) is 5.41 Å². The molecule has 166 valence electrons. The topological polar surface area (TPSA) is 66.0 Å². The summed E-state index contributed by atoms with van der Waals surface area (Å²) in [5.41, 5.74) is 0.229. The number of nitrogens with one attached hydrogen (secondary N) is 1. The smallest absolute Gasteiger partial charge is 0.226 e. The third-order valence-electron chi connectivity index (χ3n) is 5.85. The maximum Gasteiger partial charge on any atom is 0.226 e. The molecule has 0 aliphatic rings. The van der Waals surface area contributed by atoms with Crippen LogP contribution in [0.15, 0.2) is 12.1 Å². The molecule has 0 saturated carbocycles. The molecule has 0 bridgehead atoms. The summed E-state index contributed by atoms with van der Waals surface area (Å²) in [6.07, 6.45) is 0.655. The second-order valence-corrected chi connectivity index (χ2v) is 14.2. The number of ether oxygens (including phenoxy) is 3. The fourth-order valence-electron chi connectivity index (χ4n) is 2.55. The molecule has 0 heterocycles. The van der Waals surface area contributed by atoms with E-state index in [0.717, 1.165) is 5.56 Å². The molecule has 0 aliphatic heterocycles. The van der Waals surface area contributed by atoms with Crippen molar-refractivity contribution < 1.29 is 23.4 Å². The molecule has 0 fully saturated rings. The molecule has 1 amide bonds. The monoisotopic (exact) mass is 425 g/mol. The van der Waals surface area contributed by atoms with E-state index < -0.39 is 13.7 Å². The van der Waals surface area contributed by atoms with Crippen LogP contribution in [0, 0.1) is 5.41 Å². The average Bonchev–Trinajstić information content (AvgIpc) is 2.63. The van der Waals surface area contributed by atoms with Crippen LogP contribution in [-0.2, 0) is 15.8 Å². The highest BCUT2D eigenvalue weighted by Gasteiger charge is 2.38. The molecule has 0 unspecified atom stereocenters. The molecule has 0 atom stereocenters. The highest BCUT2D eigenvalue weighted by molar-refractivity contribution is 6.74. The molecular weight excluding hydrogens is 386 g/mol. The van der Waals surface area contributed by atoms with Crippen molar-refractivity contribution in [2.75, 3.05) is 27.9 Å². The van der Waals surface area contributed by atoms with Crippen LogP contribution in [0.3, 0.4) is 0 Å². The maximum atomic E-state index is 12.9. The zero-order chi connectivity index (χ0) is 22.5. The molecular formula is C22H39NO5Si. The van der Waals surface area contributed by atoms with Crippen LogP contribution >= 0.6 is 0 Å². The molecule has 0 spiro atoms.